The van der Waals surface area contributed by atoms with E-state index in [2.05, 4.69) is 46.7 Å². The molecular weight excluding hydrogens is 234 g/mol. The van der Waals surface area contributed by atoms with Gasteiger partial charge in [-0.15, -0.1) is 10.2 Å². The lowest BCUT2D eigenvalue weighted by molar-refractivity contribution is 0.211. The predicted octanol–water partition coefficient (Wildman–Crippen LogP) is 2.57. The number of nitrogens with one attached hydrogen (secondary N) is 1. The maximum atomic E-state index is 4.96. The highest BCUT2D eigenvalue weighted by atomic mass is 32.1. The molecule has 0 saturated carbocycles. The standard InChI is InChI=1S/C12H15N3OS/c1-9-3-5-10(6-4-9)11-14-15-12(17-11)13-7-8-16-2/h3-6H,7-8H2,1-2H3,(H,13,15). The van der Waals surface area contributed by atoms with Gasteiger partial charge in [-0.1, -0.05) is 41.2 Å². The Bertz CT molecular complexity index is 467. The van der Waals surface area contributed by atoms with Gasteiger partial charge in [0.2, 0.25) is 5.13 Å². The highest BCUT2D eigenvalue weighted by Gasteiger charge is 2.05. The fourth-order valence-corrected chi connectivity index (χ4v) is 2.14. The Morgan fingerprint density at radius 3 is 2.71 bits per heavy atom. The smallest absolute Gasteiger partial charge is 0.206 e. The maximum absolute atomic E-state index is 4.96. The first-order valence-electron chi connectivity index (χ1n) is 5.43. The van der Waals surface area contributed by atoms with Gasteiger partial charge in [-0.2, -0.15) is 0 Å². The van der Waals surface area contributed by atoms with Crippen molar-refractivity contribution in [2.45, 2.75) is 6.92 Å². The van der Waals surface area contributed by atoms with Crippen molar-refractivity contribution in [1.29, 1.82) is 0 Å². The fourth-order valence-electron chi connectivity index (χ4n) is 1.37. The van der Waals surface area contributed by atoms with E-state index in [1.807, 2.05) is 0 Å². The predicted molar refractivity (Wildman–Crippen MR) is 70.4 cm³/mol. The Morgan fingerprint density at radius 2 is 2.00 bits per heavy atom. The molecule has 1 heterocycles. The molecule has 0 aliphatic heterocycles. The highest BCUT2D eigenvalue weighted by molar-refractivity contribution is 7.18. The van der Waals surface area contributed by atoms with Crippen LogP contribution in [0.15, 0.2) is 24.3 Å². The van der Waals surface area contributed by atoms with Crippen LogP contribution in [0, 0.1) is 6.92 Å². The third kappa shape index (κ3) is 3.25. The number of aromatic nitrogens is 2. The molecular formula is C12H15N3OS. The van der Waals surface area contributed by atoms with E-state index >= 15 is 0 Å². The summed E-state index contributed by atoms with van der Waals surface area (Å²) in [7, 11) is 1.68. The number of nitrogens with zero attached hydrogens (tertiary/aromatic N) is 2. The Hall–Kier alpha value is -1.46. The molecule has 1 N–H and O–H groups in total. The van der Waals surface area contributed by atoms with E-state index in [1.165, 1.54) is 5.56 Å². The molecule has 0 radical (unpaired) electrons. The van der Waals surface area contributed by atoms with Crippen LogP contribution in [0.5, 0.6) is 0 Å². The van der Waals surface area contributed by atoms with E-state index in [-0.39, 0.29) is 0 Å². The lowest BCUT2D eigenvalue weighted by Gasteiger charge is -1.98. The normalized spacial score (nSPS) is 10.5. The van der Waals surface area contributed by atoms with Gasteiger partial charge in [0.25, 0.3) is 0 Å². The van der Waals surface area contributed by atoms with Gasteiger partial charge in [0, 0.05) is 19.2 Å². The van der Waals surface area contributed by atoms with Crippen molar-refractivity contribution in [2.24, 2.45) is 0 Å². The van der Waals surface area contributed by atoms with Crippen LogP contribution in [-0.4, -0.2) is 30.5 Å². The van der Waals surface area contributed by atoms with Crippen LogP contribution in [0.4, 0.5) is 5.13 Å². The molecule has 0 saturated heterocycles. The largest absolute Gasteiger partial charge is 0.383 e. The first-order chi connectivity index (χ1) is 8.29. The lowest BCUT2D eigenvalue weighted by atomic mass is 10.2. The molecule has 0 amide bonds. The summed E-state index contributed by atoms with van der Waals surface area (Å²) in [5, 5.41) is 13.2. The SMILES string of the molecule is COCCNc1nnc(-c2ccc(C)cc2)s1. The first-order valence-corrected chi connectivity index (χ1v) is 6.24. The summed E-state index contributed by atoms with van der Waals surface area (Å²) in [6.07, 6.45) is 0. The summed E-state index contributed by atoms with van der Waals surface area (Å²) in [4.78, 5) is 0. The second-order valence-electron chi connectivity index (χ2n) is 3.70. The zero-order valence-electron chi connectivity index (χ0n) is 9.93. The van der Waals surface area contributed by atoms with Gasteiger partial charge >= 0.3 is 0 Å². The van der Waals surface area contributed by atoms with Crippen LogP contribution in [0.25, 0.3) is 10.6 Å². The third-order valence-corrected chi connectivity index (χ3v) is 3.24. The molecule has 0 fully saturated rings. The monoisotopic (exact) mass is 249 g/mol. The van der Waals surface area contributed by atoms with Crippen molar-refractivity contribution < 1.29 is 4.74 Å². The summed E-state index contributed by atoms with van der Waals surface area (Å²) in [6.45, 7) is 3.49. The molecule has 90 valence electrons. The van der Waals surface area contributed by atoms with Crippen molar-refractivity contribution in [3.05, 3.63) is 29.8 Å². The molecule has 0 bridgehead atoms. The van der Waals surface area contributed by atoms with Crippen LogP contribution < -0.4 is 5.32 Å². The molecule has 0 atom stereocenters. The molecule has 2 aromatic rings. The zero-order chi connectivity index (χ0) is 12.1. The van der Waals surface area contributed by atoms with Gasteiger partial charge in [-0.05, 0) is 6.92 Å². The lowest BCUT2D eigenvalue weighted by Crippen LogP contribution is -2.06. The number of anilines is 1. The Labute approximate surface area is 105 Å². The maximum Gasteiger partial charge on any atom is 0.206 e. The van der Waals surface area contributed by atoms with E-state index in [0.717, 1.165) is 22.2 Å². The average molecular weight is 249 g/mol. The van der Waals surface area contributed by atoms with Gasteiger partial charge < -0.3 is 10.1 Å². The van der Waals surface area contributed by atoms with Crippen molar-refractivity contribution in [2.75, 3.05) is 25.6 Å². The van der Waals surface area contributed by atoms with Crippen LogP contribution in [0.1, 0.15) is 5.56 Å². The van der Waals surface area contributed by atoms with E-state index in [9.17, 15) is 0 Å². The molecule has 17 heavy (non-hydrogen) atoms. The van der Waals surface area contributed by atoms with Gasteiger partial charge in [0.05, 0.1) is 6.61 Å². The molecule has 0 aliphatic carbocycles. The van der Waals surface area contributed by atoms with Crippen molar-refractivity contribution >= 4 is 16.5 Å². The molecule has 1 aromatic heterocycles. The summed E-state index contributed by atoms with van der Waals surface area (Å²) in [6, 6.07) is 8.28. The Morgan fingerprint density at radius 1 is 1.24 bits per heavy atom. The Kier molecular flexibility index (Phi) is 4.06. The average Bonchev–Trinajstić information content (AvgIpc) is 2.79. The summed E-state index contributed by atoms with van der Waals surface area (Å²) < 4.78 is 4.96. The van der Waals surface area contributed by atoms with E-state index in [1.54, 1.807) is 18.4 Å². The van der Waals surface area contributed by atoms with Crippen molar-refractivity contribution in [3.63, 3.8) is 0 Å². The van der Waals surface area contributed by atoms with Crippen molar-refractivity contribution in [3.8, 4) is 10.6 Å². The molecule has 0 unspecified atom stereocenters. The Balaban J connectivity index is 2.04. The summed E-state index contributed by atoms with van der Waals surface area (Å²) in [5.74, 6) is 0. The summed E-state index contributed by atoms with van der Waals surface area (Å²) >= 11 is 1.55. The minimum absolute atomic E-state index is 0.666. The number of hydrogen-bond acceptors (Lipinski definition) is 5. The van der Waals surface area contributed by atoms with Crippen LogP contribution >= 0.6 is 11.3 Å². The second kappa shape index (κ2) is 5.75. The topological polar surface area (TPSA) is 47.0 Å². The third-order valence-electron chi connectivity index (χ3n) is 2.31. The van der Waals surface area contributed by atoms with Gasteiger partial charge in [0.15, 0.2) is 0 Å². The van der Waals surface area contributed by atoms with E-state index in [4.69, 9.17) is 4.74 Å². The second-order valence-corrected chi connectivity index (χ2v) is 4.68. The van der Waals surface area contributed by atoms with Crippen LogP contribution in [0.3, 0.4) is 0 Å². The van der Waals surface area contributed by atoms with E-state index < -0.39 is 0 Å². The number of benzene rings is 1. The molecule has 2 rings (SSSR count). The molecule has 0 aliphatic rings. The molecule has 0 spiro atoms. The minimum atomic E-state index is 0.666. The van der Waals surface area contributed by atoms with Crippen LogP contribution in [-0.2, 0) is 4.74 Å². The molecule has 1 aromatic carbocycles. The number of rotatable bonds is 5. The number of aryl methyl sites for hydroxylation is 1. The van der Waals surface area contributed by atoms with Gasteiger partial charge in [-0.3, -0.25) is 0 Å². The van der Waals surface area contributed by atoms with Crippen molar-refractivity contribution in [1.82, 2.24) is 10.2 Å². The highest BCUT2D eigenvalue weighted by Crippen LogP contribution is 2.26. The fraction of sp³-hybridized carbons (Fsp3) is 0.333. The minimum Gasteiger partial charge on any atom is -0.383 e. The molecule has 4 nitrogen and oxygen atoms in total. The number of hydrogen-bond donors (Lipinski definition) is 1. The van der Waals surface area contributed by atoms with Gasteiger partial charge in [-0.25, -0.2) is 0 Å². The number of methoxy groups -OCH3 is 1. The quantitative estimate of drug-likeness (QED) is 0.827. The van der Waals surface area contributed by atoms with E-state index in [0.29, 0.717) is 6.61 Å². The van der Waals surface area contributed by atoms with Gasteiger partial charge in [0.1, 0.15) is 5.01 Å². The summed E-state index contributed by atoms with van der Waals surface area (Å²) in [5.41, 5.74) is 2.35. The van der Waals surface area contributed by atoms with Crippen LogP contribution in [0.2, 0.25) is 0 Å². The molecule has 5 heteroatoms. The zero-order valence-corrected chi connectivity index (χ0v) is 10.8. The number of ether oxygens (including phenoxy) is 1. The first kappa shape index (κ1) is 12.0.